The molecule has 1 saturated heterocycles. The Hall–Kier alpha value is -0.570. The van der Waals surface area contributed by atoms with Crippen molar-refractivity contribution in [2.45, 2.75) is 31.4 Å². The third kappa shape index (κ3) is 2.94. The Morgan fingerprint density at radius 1 is 1.47 bits per heavy atom. The molecule has 0 aliphatic carbocycles. The Bertz CT molecular complexity index is 334. The van der Waals surface area contributed by atoms with Crippen LogP contribution in [0.25, 0.3) is 0 Å². The van der Waals surface area contributed by atoms with Crippen molar-refractivity contribution in [2.75, 3.05) is 6.54 Å². The van der Waals surface area contributed by atoms with Crippen LogP contribution >= 0.6 is 11.6 Å². The van der Waals surface area contributed by atoms with E-state index >= 15 is 0 Å². The molecule has 1 aromatic rings. The predicted molar refractivity (Wildman–Crippen MR) is 62.2 cm³/mol. The Kier molecular flexibility index (Phi) is 3.01. The van der Waals surface area contributed by atoms with Crippen LogP contribution in [0.2, 0.25) is 5.02 Å². The van der Waals surface area contributed by atoms with Gasteiger partial charge in [-0.05, 0) is 37.5 Å². The highest BCUT2D eigenvalue weighted by Gasteiger charge is 2.32. The molecule has 2 atom stereocenters. The molecule has 0 saturated carbocycles. The van der Waals surface area contributed by atoms with Gasteiger partial charge in [0.15, 0.2) is 0 Å². The van der Waals surface area contributed by atoms with Crippen LogP contribution < -0.4 is 5.32 Å². The zero-order valence-electron chi connectivity index (χ0n) is 8.83. The maximum Gasteiger partial charge on any atom is 0.0758 e. The molecular weight excluding hydrogens is 210 g/mol. The minimum atomic E-state index is -0.545. The van der Waals surface area contributed by atoms with Crippen LogP contribution in [-0.4, -0.2) is 23.3 Å². The largest absolute Gasteiger partial charge is 0.389 e. The Morgan fingerprint density at radius 3 is 2.67 bits per heavy atom. The Labute approximate surface area is 95.3 Å². The second-order valence-corrected chi connectivity index (χ2v) is 5.05. The summed E-state index contributed by atoms with van der Waals surface area (Å²) in [5.41, 5.74) is 0.714. The first kappa shape index (κ1) is 10.9. The first-order chi connectivity index (χ1) is 7.05. The number of hydrogen-bond donors (Lipinski definition) is 2. The van der Waals surface area contributed by atoms with Gasteiger partial charge in [0.1, 0.15) is 0 Å². The topological polar surface area (TPSA) is 32.3 Å². The summed E-state index contributed by atoms with van der Waals surface area (Å²) in [6.45, 7) is 2.56. The van der Waals surface area contributed by atoms with Crippen molar-refractivity contribution >= 4 is 11.6 Å². The highest BCUT2D eigenvalue weighted by molar-refractivity contribution is 6.30. The smallest absolute Gasteiger partial charge is 0.0758 e. The van der Waals surface area contributed by atoms with E-state index in [1.807, 2.05) is 31.2 Å². The van der Waals surface area contributed by atoms with Gasteiger partial charge in [-0.2, -0.15) is 0 Å². The molecule has 0 spiro atoms. The van der Waals surface area contributed by atoms with E-state index in [1.165, 1.54) is 5.56 Å². The summed E-state index contributed by atoms with van der Waals surface area (Å²) in [6.07, 6.45) is 1.77. The van der Waals surface area contributed by atoms with Gasteiger partial charge in [-0.3, -0.25) is 0 Å². The van der Waals surface area contributed by atoms with Gasteiger partial charge >= 0.3 is 0 Å². The van der Waals surface area contributed by atoms with Crippen LogP contribution in [0.4, 0.5) is 0 Å². The van der Waals surface area contributed by atoms with Crippen molar-refractivity contribution in [1.29, 1.82) is 0 Å². The molecule has 82 valence electrons. The van der Waals surface area contributed by atoms with E-state index in [2.05, 4.69) is 5.32 Å². The lowest BCUT2D eigenvalue weighted by molar-refractivity contribution is 0.0792. The number of β-amino-alcohol motifs (C(OH)–C–C–N with tert-alkyl or cyclic N) is 1. The van der Waals surface area contributed by atoms with Gasteiger partial charge < -0.3 is 10.4 Å². The van der Waals surface area contributed by atoms with Crippen molar-refractivity contribution < 1.29 is 5.11 Å². The van der Waals surface area contributed by atoms with Crippen LogP contribution in [0, 0.1) is 0 Å². The lowest BCUT2D eigenvalue weighted by Crippen LogP contribution is -2.26. The number of aliphatic hydroxyl groups is 1. The van der Waals surface area contributed by atoms with E-state index < -0.39 is 5.60 Å². The van der Waals surface area contributed by atoms with Crippen molar-refractivity contribution in [3.05, 3.63) is 34.9 Å². The molecule has 15 heavy (non-hydrogen) atoms. The molecule has 0 aromatic heterocycles. The van der Waals surface area contributed by atoms with Crippen LogP contribution in [0.5, 0.6) is 0 Å². The van der Waals surface area contributed by atoms with E-state index in [1.54, 1.807) is 0 Å². The average molecular weight is 226 g/mol. The van der Waals surface area contributed by atoms with Crippen LogP contribution in [0.3, 0.4) is 0 Å². The first-order valence-corrected chi connectivity index (χ1v) is 5.63. The summed E-state index contributed by atoms with van der Waals surface area (Å²) in [4.78, 5) is 0. The number of hydrogen-bond acceptors (Lipinski definition) is 2. The van der Waals surface area contributed by atoms with Gasteiger partial charge in [-0.15, -0.1) is 0 Å². The molecule has 0 amide bonds. The molecule has 1 aliphatic rings. The van der Waals surface area contributed by atoms with Crippen molar-refractivity contribution in [3.63, 3.8) is 0 Å². The number of benzene rings is 1. The Morgan fingerprint density at radius 2 is 2.13 bits per heavy atom. The summed E-state index contributed by atoms with van der Waals surface area (Å²) in [7, 11) is 0. The minimum Gasteiger partial charge on any atom is -0.389 e. The van der Waals surface area contributed by atoms with E-state index in [0.29, 0.717) is 12.6 Å². The molecule has 3 heteroatoms. The molecule has 1 heterocycles. The third-order valence-corrected chi connectivity index (χ3v) is 3.11. The molecule has 1 aliphatic heterocycles. The van der Waals surface area contributed by atoms with Crippen LogP contribution in [0.1, 0.15) is 18.9 Å². The second kappa shape index (κ2) is 4.12. The van der Waals surface area contributed by atoms with Gasteiger partial charge in [0.25, 0.3) is 0 Å². The third-order valence-electron chi connectivity index (χ3n) is 2.85. The zero-order valence-corrected chi connectivity index (χ0v) is 9.59. The SMILES string of the molecule is CC1(O)CNC(Cc2ccc(Cl)cc2)C1. The van der Waals surface area contributed by atoms with Crippen LogP contribution in [-0.2, 0) is 6.42 Å². The van der Waals surface area contributed by atoms with Gasteiger partial charge in [-0.25, -0.2) is 0 Å². The molecule has 2 unspecified atom stereocenters. The zero-order chi connectivity index (χ0) is 10.9. The molecular formula is C12H16ClNO. The quantitative estimate of drug-likeness (QED) is 0.807. The summed E-state index contributed by atoms with van der Waals surface area (Å²) < 4.78 is 0. The van der Waals surface area contributed by atoms with Crippen molar-refractivity contribution in [2.24, 2.45) is 0 Å². The van der Waals surface area contributed by atoms with Gasteiger partial charge in [-0.1, -0.05) is 23.7 Å². The summed E-state index contributed by atoms with van der Waals surface area (Å²) in [5, 5.41) is 13.9. The average Bonchev–Trinajstić information content (AvgIpc) is 2.50. The monoisotopic (exact) mass is 225 g/mol. The van der Waals surface area contributed by atoms with E-state index in [-0.39, 0.29) is 0 Å². The highest BCUT2D eigenvalue weighted by Crippen LogP contribution is 2.21. The summed E-state index contributed by atoms with van der Waals surface area (Å²) in [6, 6.07) is 8.27. The van der Waals surface area contributed by atoms with E-state index in [0.717, 1.165) is 17.9 Å². The fraction of sp³-hybridized carbons (Fsp3) is 0.500. The number of rotatable bonds is 2. The normalized spacial score (nSPS) is 30.7. The highest BCUT2D eigenvalue weighted by atomic mass is 35.5. The lowest BCUT2D eigenvalue weighted by Gasteiger charge is -2.14. The lowest BCUT2D eigenvalue weighted by atomic mass is 9.98. The van der Waals surface area contributed by atoms with Crippen LogP contribution in [0.15, 0.2) is 24.3 Å². The minimum absolute atomic E-state index is 0.376. The van der Waals surface area contributed by atoms with Gasteiger partial charge in [0.2, 0.25) is 0 Å². The van der Waals surface area contributed by atoms with Gasteiger partial charge in [0, 0.05) is 17.6 Å². The molecule has 2 rings (SSSR count). The molecule has 2 N–H and O–H groups in total. The summed E-state index contributed by atoms with van der Waals surface area (Å²) >= 11 is 5.82. The standard InChI is InChI=1S/C12H16ClNO/c1-12(15)7-11(14-8-12)6-9-2-4-10(13)5-3-9/h2-5,11,14-15H,6-8H2,1H3. The summed E-state index contributed by atoms with van der Waals surface area (Å²) in [5.74, 6) is 0. The molecule has 1 fully saturated rings. The first-order valence-electron chi connectivity index (χ1n) is 5.25. The maximum absolute atomic E-state index is 9.80. The van der Waals surface area contributed by atoms with Crippen molar-refractivity contribution in [3.8, 4) is 0 Å². The predicted octanol–water partition coefficient (Wildman–Crippen LogP) is 2.00. The van der Waals surface area contributed by atoms with Gasteiger partial charge in [0.05, 0.1) is 5.60 Å². The molecule has 0 radical (unpaired) electrons. The molecule has 2 nitrogen and oxygen atoms in total. The van der Waals surface area contributed by atoms with E-state index in [4.69, 9.17) is 11.6 Å². The fourth-order valence-corrected chi connectivity index (χ4v) is 2.21. The van der Waals surface area contributed by atoms with E-state index in [9.17, 15) is 5.11 Å². The number of halogens is 1. The molecule has 0 bridgehead atoms. The molecule has 1 aromatic carbocycles. The second-order valence-electron chi connectivity index (χ2n) is 4.61. The maximum atomic E-state index is 9.80. The van der Waals surface area contributed by atoms with Crippen molar-refractivity contribution in [1.82, 2.24) is 5.32 Å². The Balaban J connectivity index is 1.96. The fourth-order valence-electron chi connectivity index (χ4n) is 2.09. The number of nitrogens with one attached hydrogen (secondary N) is 1.